The first-order valence-corrected chi connectivity index (χ1v) is 8.08. The van der Waals surface area contributed by atoms with E-state index in [-0.39, 0.29) is 5.82 Å². The van der Waals surface area contributed by atoms with Crippen molar-refractivity contribution in [2.24, 2.45) is 5.41 Å². The van der Waals surface area contributed by atoms with Gasteiger partial charge in [-0.1, -0.05) is 32.9 Å². The Morgan fingerprint density at radius 1 is 1.25 bits per heavy atom. The summed E-state index contributed by atoms with van der Waals surface area (Å²) in [5.74, 6) is 0.440. The van der Waals surface area contributed by atoms with Crippen molar-refractivity contribution < 1.29 is 4.39 Å². The molecule has 1 aromatic rings. The number of hydrogen-bond acceptors (Lipinski definition) is 1. The standard InChI is InChI=1S/C18H28FN/c1-5-10-20-17-12-15(18(17,6-2)7-3)14-9-8-13(4)16(19)11-14/h8-9,11,15,17,20H,5-7,10,12H2,1-4H3. The molecule has 2 heteroatoms. The summed E-state index contributed by atoms with van der Waals surface area (Å²) in [6.07, 6.45) is 4.63. The third-order valence-corrected chi connectivity index (χ3v) is 5.41. The van der Waals surface area contributed by atoms with Crippen molar-refractivity contribution in [3.8, 4) is 0 Å². The molecule has 0 aromatic heterocycles. The van der Waals surface area contributed by atoms with Gasteiger partial charge in [0.05, 0.1) is 0 Å². The summed E-state index contributed by atoms with van der Waals surface area (Å²) in [4.78, 5) is 0. The Balaban J connectivity index is 2.21. The van der Waals surface area contributed by atoms with Gasteiger partial charge in [0.1, 0.15) is 5.82 Å². The van der Waals surface area contributed by atoms with Crippen LogP contribution < -0.4 is 5.32 Å². The first-order valence-electron chi connectivity index (χ1n) is 8.08. The maximum Gasteiger partial charge on any atom is 0.126 e. The highest BCUT2D eigenvalue weighted by Crippen LogP contribution is 2.57. The molecule has 2 rings (SSSR count). The van der Waals surface area contributed by atoms with Gasteiger partial charge in [-0.3, -0.25) is 0 Å². The van der Waals surface area contributed by atoms with Crippen LogP contribution in [-0.2, 0) is 0 Å². The van der Waals surface area contributed by atoms with Gasteiger partial charge in [0.25, 0.3) is 0 Å². The van der Waals surface area contributed by atoms with Gasteiger partial charge >= 0.3 is 0 Å². The minimum Gasteiger partial charge on any atom is -0.313 e. The summed E-state index contributed by atoms with van der Waals surface area (Å²) in [5, 5.41) is 3.69. The Bertz CT molecular complexity index is 451. The number of hydrogen-bond donors (Lipinski definition) is 1. The lowest BCUT2D eigenvalue weighted by molar-refractivity contribution is 0.0200. The van der Waals surface area contributed by atoms with E-state index in [0.29, 0.717) is 17.4 Å². The normalized spacial score (nSPS) is 24.4. The van der Waals surface area contributed by atoms with Crippen molar-refractivity contribution in [2.45, 2.75) is 65.3 Å². The molecule has 20 heavy (non-hydrogen) atoms. The zero-order chi connectivity index (χ0) is 14.8. The smallest absolute Gasteiger partial charge is 0.126 e. The number of aryl methyl sites for hydroxylation is 1. The fourth-order valence-corrected chi connectivity index (χ4v) is 3.92. The number of rotatable bonds is 6. The van der Waals surface area contributed by atoms with Gasteiger partial charge in [-0.15, -0.1) is 0 Å². The van der Waals surface area contributed by atoms with Crippen LogP contribution in [0.2, 0.25) is 0 Å². The molecular weight excluding hydrogens is 249 g/mol. The molecule has 1 nitrogen and oxygen atoms in total. The molecule has 2 atom stereocenters. The summed E-state index contributed by atoms with van der Waals surface area (Å²) < 4.78 is 13.8. The molecule has 0 heterocycles. The van der Waals surface area contributed by atoms with E-state index in [9.17, 15) is 4.39 Å². The van der Waals surface area contributed by atoms with Gasteiger partial charge in [0, 0.05) is 6.04 Å². The molecule has 0 saturated heterocycles. The first kappa shape index (κ1) is 15.5. The van der Waals surface area contributed by atoms with E-state index >= 15 is 0 Å². The quantitative estimate of drug-likeness (QED) is 0.788. The first-order chi connectivity index (χ1) is 9.58. The SMILES string of the molecule is CCCNC1CC(c2ccc(C)c(F)c2)C1(CC)CC. The molecule has 0 amide bonds. The molecule has 1 aromatic carbocycles. The second-order valence-corrected chi connectivity index (χ2v) is 6.24. The summed E-state index contributed by atoms with van der Waals surface area (Å²) in [6, 6.07) is 6.40. The van der Waals surface area contributed by atoms with Crippen LogP contribution >= 0.6 is 0 Å². The summed E-state index contributed by atoms with van der Waals surface area (Å²) in [5.41, 5.74) is 2.23. The monoisotopic (exact) mass is 277 g/mol. The third-order valence-electron chi connectivity index (χ3n) is 5.41. The van der Waals surface area contributed by atoms with Gasteiger partial charge in [0.15, 0.2) is 0 Å². The van der Waals surface area contributed by atoms with Gasteiger partial charge in [-0.05, 0) is 67.7 Å². The average molecular weight is 277 g/mol. The minimum absolute atomic E-state index is 0.0615. The van der Waals surface area contributed by atoms with Crippen LogP contribution in [-0.4, -0.2) is 12.6 Å². The topological polar surface area (TPSA) is 12.0 Å². The number of halogens is 1. The lowest BCUT2D eigenvalue weighted by Gasteiger charge is -2.57. The number of benzene rings is 1. The Morgan fingerprint density at radius 3 is 2.50 bits per heavy atom. The predicted molar refractivity (Wildman–Crippen MR) is 83.6 cm³/mol. The highest BCUT2D eigenvalue weighted by molar-refractivity contribution is 5.32. The van der Waals surface area contributed by atoms with Gasteiger partial charge in [-0.25, -0.2) is 4.39 Å². The molecule has 1 aliphatic rings. The fourth-order valence-electron chi connectivity index (χ4n) is 3.92. The molecule has 0 aliphatic heterocycles. The highest BCUT2D eigenvalue weighted by atomic mass is 19.1. The maximum absolute atomic E-state index is 13.8. The molecule has 1 N–H and O–H groups in total. The predicted octanol–water partition coefficient (Wildman–Crippen LogP) is 4.80. The molecule has 0 bridgehead atoms. The average Bonchev–Trinajstić information content (AvgIpc) is 2.43. The van der Waals surface area contributed by atoms with Crippen LogP contribution in [0.15, 0.2) is 18.2 Å². The van der Waals surface area contributed by atoms with E-state index in [2.05, 4.69) is 32.2 Å². The summed E-state index contributed by atoms with van der Waals surface area (Å²) in [6.45, 7) is 9.68. The maximum atomic E-state index is 13.8. The second-order valence-electron chi connectivity index (χ2n) is 6.24. The van der Waals surface area contributed by atoms with Gasteiger partial charge in [0.2, 0.25) is 0 Å². The lowest BCUT2D eigenvalue weighted by atomic mass is 9.51. The van der Waals surface area contributed by atoms with Crippen molar-refractivity contribution in [2.75, 3.05) is 6.54 Å². The van der Waals surface area contributed by atoms with Gasteiger partial charge in [-0.2, -0.15) is 0 Å². The van der Waals surface area contributed by atoms with E-state index in [1.807, 2.05) is 13.0 Å². The molecule has 1 aliphatic carbocycles. The lowest BCUT2D eigenvalue weighted by Crippen LogP contribution is -2.58. The van der Waals surface area contributed by atoms with E-state index < -0.39 is 0 Å². The van der Waals surface area contributed by atoms with Gasteiger partial charge < -0.3 is 5.32 Å². The molecule has 1 fully saturated rings. The fraction of sp³-hybridized carbons (Fsp3) is 0.667. The van der Waals surface area contributed by atoms with E-state index in [0.717, 1.165) is 31.4 Å². The Morgan fingerprint density at radius 2 is 1.95 bits per heavy atom. The largest absolute Gasteiger partial charge is 0.313 e. The minimum atomic E-state index is -0.0615. The van der Waals surface area contributed by atoms with Crippen LogP contribution in [0, 0.1) is 18.2 Å². The van der Waals surface area contributed by atoms with E-state index in [1.54, 1.807) is 6.07 Å². The Labute approximate surface area is 123 Å². The highest BCUT2D eigenvalue weighted by Gasteiger charge is 2.52. The van der Waals surface area contributed by atoms with Crippen molar-refractivity contribution in [1.82, 2.24) is 5.32 Å². The van der Waals surface area contributed by atoms with Crippen LogP contribution in [0.5, 0.6) is 0 Å². The molecule has 0 spiro atoms. The molecule has 2 unspecified atom stereocenters. The zero-order valence-electron chi connectivity index (χ0n) is 13.3. The molecular formula is C18H28FN. The molecule has 112 valence electrons. The van der Waals surface area contributed by atoms with Crippen LogP contribution in [0.3, 0.4) is 0 Å². The number of nitrogens with one attached hydrogen (secondary N) is 1. The zero-order valence-corrected chi connectivity index (χ0v) is 13.3. The Kier molecular flexibility index (Phi) is 4.85. The summed E-state index contributed by atoms with van der Waals surface area (Å²) >= 11 is 0. The van der Waals surface area contributed by atoms with Crippen LogP contribution in [0.1, 0.15) is 63.5 Å². The van der Waals surface area contributed by atoms with Crippen LogP contribution in [0.4, 0.5) is 4.39 Å². The Hall–Kier alpha value is -0.890. The second kappa shape index (κ2) is 6.26. The van der Waals surface area contributed by atoms with Crippen molar-refractivity contribution >= 4 is 0 Å². The van der Waals surface area contributed by atoms with Crippen molar-refractivity contribution in [3.63, 3.8) is 0 Å². The molecule has 1 saturated carbocycles. The third kappa shape index (κ3) is 2.50. The van der Waals surface area contributed by atoms with E-state index in [4.69, 9.17) is 0 Å². The van der Waals surface area contributed by atoms with Crippen LogP contribution in [0.25, 0.3) is 0 Å². The van der Waals surface area contributed by atoms with Crippen molar-refractivity contribution in [1.29, 1.82) is 0 Å². The van der Waals surface area contributed by atoms with E-state index in [1.165, 1.54) is 12.0 Å². The molecule has 0 radical (unpaired) electrons. The summed E-state index contributed by atoms with van der Waals surface area (Å²) in [7, 11) is 0. The van der Waals surface area contributed by atoms with Crippen molar-refractivity contribution in [3.05, 3.63) is 35.1 Å².